The quantitative estimate of drug-likeness (QED) is 0.332. The van der Waals surface area contributed by atoms with E-state index in [2.05, 4.69) is 13.0 Å². The van der Waals surface area contributed by atoms with Crippen LogP contribution >= 0.6 is 11.8 Å². The van der Waals surface area contributed by atoms with Crippen LogP contribution < -0.4 is 10.5 Å². The molecule has 2 nitrogen and oxygen atoms in total. The highest BCUT2D eigenvalue weighted by atomic mass is 32.2. The fourth-order valence-corrected chi connectivity index (χ4v) is 3.14. The Kier molecular flexibility index (Phi) is 9.38. The molecule has 0 bridgehead atoms. The molecular weight excluding hydrogens is 266 g/mol. The third-order valence-corrected chi connectivity index (χ3v) is 4.46. The largest absolute Gasteiger partial charge is 0.494 e. The van der Waals surface area contributed by atoms with E-state index < -0.39 is 0 Å². The monoisotopic (exact) mass is 295 g/mol. The summed E-state index contributed by atoms with van der Waals surface area (Å²) in [5, 5.41) is 0. The zero-order valence-corrected chi connectivity index (χ0v) is 13.8. The first-order chi connectivity index (χ1) is 9.77. The van der Waals surface area contributed by atoms with E-state index in [9.17, 15) is 0 Å². The Balaban J connectivity index is 2.19. The van der Waals surface area contributed by atoms with Gasteiger partial charge in [-0.15, -0.1) is 11.8 Å². The predicted molar refractivity (Wildman–Crippen MR) is 90.7 cm³/mol. The topological polar surface area (TPSA) is 35.2 Å². The molecule has 1 aromatic carbocycles. The molecule has 0 amide bonds. The van der Waals surface area contributed by atoms with Gasteiger partial charge in [-0.05, 0) is 37.3 Å². The minimum absolute atomic E-state index is 0.700. The smallest absolute Gasteiger partial charge is 0.120 e. The van der Waals surface area contributed by atoms with Gasteiger partial charge in [0.25, 0.3) is 0 Å². The summed E-state index contributed by atoms with van der Waals surface area (Å²) in [6.07, 6.45) is 9.47. The molecule has 0 aliphatic rings. The van der Waals surface area contributed by atoms with Gasteiger partial charge in [0.05, 0.1) is 6.61 Å². The van der Waals surface area contributed by atoms with E-state index in [0.29, 0.717) is 6.61 Å². The predicted octanol–water partition coefficient (Wildman–Crippen LogP) is 5.51. The lowest BCUT2D eigenvalue weighted by atomic mass is 10.1. The molecule has 1 aromatic rings. The minimum Gasteiger partial charge on any atom is -0.494 e. The SMILES string of the molecule is CCCCCCCCCSc1cc(OCC)ccc1N. The molecule has 0 spiro atoms. The van der Waals surface area contributed by atoms with E-state index in [-0.39, 0.29) is 0 Å². The molecule has 0 saturated heterocycles. The molecule has 2 N–H and O–H groups in total. The number of benzene rings is 1. The van der Waals surface area contributed by atoms with Crippen molar-refractivity contribution in [3.8, 4) is 5.75 Å². The summed E-state index contributed by atoms with van der Waals surface area (Å²) >= 11 is 1.85. The molecule has 0 aromatic heterocycles. The van der Waals surface area contributed by atoms with Crippen LogP contribution in [0.15, 0.2) is 23.1 Å². The molecule has 1 rings (SSSR count). The van der Waals surface area contributed by atoms with Crippen LogP contribution in [0.2, 0.25) is 0 Å². The van der Waals surface area contributed by atoms with E-state index >= 15 is 0 Å². The van der Waals surface area contributed by atoms with Gasteiger partial charge in [-0.2, -0.15) is 0 Å². The van der Waals surface area contributed by atoms with E-state index in [1.807, 2.05) is 30.8 Å². The van der Waals surface area contributed by atoms with Gasteiger partial charge in [-0.25, -0.2) is 0 Å². The van der Waals surface area contributed by atoms with Crippen LogP contribution in [0.1, 0.15) is 58.8 Å². The van der Waals surface area contributed by atoms with Gasteiger partial charge in [0.2, 0.25) is 0 Å². The van der Waals surface area contributed by atoms with Crippen molar-refractivity contribution in [2.24, 2.45) is 0 Å². The third kappa shape index (κ3) is 7.09. The van der Waals surface area contributed by atoms with Crippen LogP contribution in [0, 0.1) is 0 Å². The fraction of sp³-hybridized carbons (Fsp3) is 0.647. The van der Waals surface area contributed by atoms with Crippen molar-refractivity contribution in [1.82, 2.24) is 0 Å². The van der Waals surface area contributed by atoms with Crippen molar-refractivity contribution in [1.29, 1.82) is 0 Å². The highest BCUT2D eigenvalue weighted by Crippen LogP contribution is 2.30. The van der Waals surface area contributed by atoms with E-state index in [1.54, 1.807) is 0 Å². The number of unbranched alkanes of at least 4 members (excludes halogenated alkanes) is 6. The lowest BCUT2D eigenvalue weighted by Crippen LogP contribution is -1.94. The van der Waals surface area contributed by atoms with Crippen molar-refractivity contribution >= 4 is 17.4 Å². The van der Waals surface area contributed by atoms with Gasteiger partial charge in [0.1, 0.15) is 5.75 Å². The first kappa shape index (κ1) is 17.2. The summed E-state index contributed by atoms with van der Waals surface area (Å²) in [6, 6.07) is 5.94. The molecule has 0 radical (unpaired) electrons. The Hall–Kier alpha value is -0.830. The lowest BCUT2D eigenvalue weighted by Gasteiger charge is -2.09. The Morgan fingerprint density at radius 3 is 2.40 bits per heavy atom. The van der Waals surface area contributed by atoms with Gasteiger partial charge >= 0.3 is 0 Å². The number of nitrogen functional groups attached to an aromatic ring is 1. The van der Waals surface area contributed by atoms with Crippen LogP contribution in [-0.4, -0.2) is 12.4 Å². The number of anilines is 1. The molecule has 3 heteroatoms. The number of hydrogen-bond donors (Lipinski definition) is 1. The fourth-order valence-electron chi connectivity index (χ4n) is 2.14. The molecule has 114 valence electrons. The Morgan fingerprint density at radius 1 is 1.00 bits per heavy atom. The van der Waals surface area contributed by atoms with E-state index in [1.165, 1.54) is 44.9 Å². The van der Waals surface area contributed by atoms with E-state index in [4.69, 9.17) is 10.5 Å². The zero-order chi connectivity index (χ0) is 14.6. The summed E-state index contributed by atoms with van der Waals surface area (Å²) in [5.41, 5.74) is 6.87. The van der Waals surface area contributed by atoms with Crippen molar-refractivity contribution in [3.63, 3.8) is 0 Å². The Morgan fingerprint density at radius 2 is 1.70 bits per heavy atom. The summed E-state index contributed by atoms with van der Waals surface area (Å²) in [5.74, 6) is 2.07. The summed E-state index contributed by atoms with van der Waals surface area (Å²) in [6.45, 7) is 4.96. The minimum atomic E-state index is 0.700. The highest BCUT2D eigenvalue weighted by Gasteiger charge is 2.02. The Bertz CT molecular complexity index is 368. The summed E-state index contributed by atoms with van der Waals surface area (Å²) in [7, 11) is 0. The number of nitrogens with two attached hydrogens (primary N) is 1. The molecule has 0 heterocycles. The average Bonchev–Trinajstić information content (AvgIpc) is 2.45. The number of hydrogen-bond acceptors (Lipinski definition) is 3. The summed E-state index contributed by atoms with van der Waals surface area (Å²) in [4.78, 5) is 1.15. The maximum Gasteiger partial charge on any atom is 0.120 e. The van der Waals surface area contributed by atoms with E-state index in [0.717, 1.165) is 22.1 Å². The van der Waals surface area contributed by atoms with Crippen LogP contribution in [0.3, 0.4) is 0 Å². The third-order valence-electron chi connectivity index (χ3n) is 3.30. The zero-order valence-electron chi connectivity index (χ0n) is 13.0. The van der Waals surface area contributed by atoms with Gasteiger partial charge in [0.15, 0.2) is 0 Å². The molecule has 0 saturated carbocycles. The number of thioether (sulfide) groups is 1. The standard InChI is InChI=1S/C17H29NOS/c1-3-5-6-7-8-9-10-13-20-17-14-15(19-4-2)11-12-16(17)18/h11-12,14H,3-10,13,18H2,1-2H3. The summed E-state index contributed by atoms with van der Waals surface area (Å²) < 4.78 is 5.51. The lowest BCUT2D eigenvalue weighted by molar-refractivity contribution is 0.339. The molecule has 0 aliphatic heterocycles. The van der Waals surface area contributed by atoms with Crippen molar-refractivity contribution in [2.75, 3.05) is 18.1 Å². The van der Waals surface area contributed by atoms with Crippen molar-refractivity contribution < 1.29 is 4.74 Å². The number of ether oxygens (including phenoxy) is 1. The molecule has 0 unspecified atom stereocenters. The average molecular weight is 295 g/mol. The Labute approximate surface area is 128 Å². The van der Waals surface area contributed by atoms with Gasteiger partial charge in [-0.1, -0.05) is 45.4 Å². The van der Waals surface area contributed by atoms with Crippen LogP contribution in [0.4, 0.5) is 5.69 Å². The molecule has 0 fully saturated rings. The first-order valence-corrected chi connectivity index (χ1v) is 8.91. The maximum absolute atomic E-state index is 6.00. The van der Waals surface area contributed by atoms with Gasteiger partial charge < -0.3 is 10.5 Å². The molecule has 20 heavy (non-hydrogen) atoms. The van der Waals surface area contributed by atoms with Gasteiger partial charge in [-0.3, -0.25) is 0 Å². The second kappa shape index (κ2) is 10.9. The second-order valence-electron chi connectivity index (χ2n) is 5.10. The first-order valence-electron chi connectivity index (χ1n) is 7.93. The maximum atomic E-state index is 6.00. The van der Waals surface area contributed by atoms with Crippen LogP contribution in [0.5, 0.6) is 5.75 Å². The highest BCUT2D eigenvalue weighted by molar-refractivity contribution is 7.99. The molecule has 0 atom stereocenters. The van der Waals surface area contributed by atoms with Crippen LogP contribution in [-0.2, 0) is 0 Å². The molecule has 0 aliphatic carbocycles. The number of rotatable bonds is 11. The van der Waals surface area contributed by atoms with Crippen molar-refractivity contribution in [3.05, 3.63) is 18.2 Å². The normalized spacial score (nSPS) is 10.7. The van der Waals surface area contributed by atoms with Gasteiger partial charge in [0, 0.05) is 10.6 Å². The van der Waals surface area contributed by atoms with Crippen LogP contribution in [0.25, 0.3) is 0 Å². The second-order valence-corrected chi connectivity index (χ2v) is 6.24. The molecular formula is C17H29NOS. The van der Waals surface area contributed by atoms with Crippen molar-refractivity contribution in [2.45, 2.75) is 63.7 Å².